The van der Waals surface area contributed by atoms with Gasteiger partial charge >= 0.3 is 0 Å². The molecule has 8 aromatic rings. The Hall–Kier alpha value is -6.71. The van der Waals surface area contributed by atoms with Crippen LogP contribution in [0.1, 0.15) is 96.6 Å². The van der Waals surface area contributed by atoms with Crippen LogP contribution in [-0.2, 0) is 72.2 Å². The molecule has 10 rings (SSSR count). The van der Waals surface area contributed by atoms with Gasteiger partial charge < -0.3 is 10.6 Å². The number of pyridine rings is 3. The van der Waals surface area contributed by atoms with Crippen LogP contribution in [0, 0.1) is 0 Å². The molecule has 0 aliphatic heterocycles. The molecule has 3 aromatic heterocycles. The van der Waals surface area contributed by atoms with Crippen molar-refractivity contribution in [3.05, 3.63) is 257 Å². The van der Waals surface area contributed by atoms with Crippen LogP contribution in [0.15, 0.2) is 210 Å². The molecule has 0 saturated carbocycles. The van der Waals surface area contributed by atoms with Crippen LogP contribution >= 0.6 is 0 Å². The van der Waals surface area contributed by atoms with Gasteiger partial charge in [-0.15, -0.1) is 0 Å². The van der Waals surface area contributed by atoms with E-state index in [2.05, 4.69) is 43.8 Å². The fourth-order valence-electron chi connectivity index (χ4n) is 9.72. The number of benzene rings is 5. The molecule has 0 bridgehead atoms. The summed E-state index contributed by atoms with van der Waals surface area (Å²) in [6.45, 7) is 2.98. The SMILES string of the molecule is O=S(=O)(c1cccc(CNCc2ccccn2)c1)N(Cc1ccccc1)C1CCCc2ccccc21.O=S(=O)(c1cccc(CNCc2ccccn2)c1)N(Cc1ccccc1)C1CCCc2cccnc21.[HH].[HH]. The molecule has 0 saturated heterocycles. The normalized spacial score (nSPS) is 15.5. The van der Waals surface area contributed by atoms with Gasteiger partial charge in [0.1, 0.15) is 0 Å². The molecule has 11 nitrogen and oxygen atoms in total. The van der Waals surface area contributed by atoms with E-state index in [0.29, 0.717) is 49.1 Å². The quantitative estimate of drug-likeness (QED) is 0.0860. The van der Waals surface area contributed by atoms with Gasteiger partial charge in [-0.2, -0.15) is 8.61 Å². The monoisotopic (exact) mass is 999 g/mol. The first-order valence-electron chi connectivity index (χ1n) is 24.7. The molecule has 2 atom stereocenters. The molecule has 13 heteroatoms. The summed E-state index contributed by atoms with van der Waals surface area (Å²) >= 11 is 0. The zero-order chi connectivity index (χ0) is 49.6. The molecule has 0 spiro atoms. The van der Waals surface area contributed by atoms with Crippen molar-refractivity contribution in [3.8, 4) is 0 Å². The van der Waals surface area contributed by atoms with E-state index >= 15 is 0 Å². The Labute approximate surface area is 428 Å². The molecular formula is C59H65N7O4S2. The van der Waals surface area contributed by atoms with Crippen LogP contribution in [0.25, 0.3) is 0 Å². The Balaban J connectivity index is 0.000000211. The van der Waals surface area contributed by atoms with Crippen molar-refractivity contribution in [2.75, 3.05) is 0 Å². The molecule has 0 radical (unpaired) electrons. The fraction of sp³-hybridized carbons (Fsp3) is 0.237. The highest BCUT2D eigenvalue weighted by molar-refractivity contribution is 7.89. The third kappa shape index (κ3) is 12.7. The van der Waals surface area contributed by atoms with Gasteiger partial charge in [0.15, 0.2) is 0 Å². The Kier molecular flexibility index (Phi) is 16.8. The predicted molar refractivity (Wildman–Crippen MR) is 287 cm³/mol. The van der Waals surface area contributed by atoms with Gasteiger partial charge in [-0.25, -0.2) is 16.8 Å². The zero-order valence-electron chi connectivity index (χ0n) is 40.4. The van der Waals surface area contributed by atoms with Gasteiger partial charge in [0, 0.05) is 60.7 Å². The second-order valence-corrected chi connectivity index (χ2v) is 22.1. The summed E-state index contributed by atoms with van der Waals surface area (Å²) in [6, 6.07) is 57.6. The highest BCUT2D eigenvalue weighted by Gasteiger charge is 2.37. The maximum atomic E-state index is 14.2. The van der Waals surface area contributed by atoms with Gasteiger partial charge in [0.2, 0.25) is 20.0 Å². The first-order chi connectivity index (χ1) is 35.2. The van der Waals surface area contributed by atoms with E-state index in [-0.39, 0.29) is 14.9 Å². The summed E-state index contributed by atoms with van der Waals surface area (Å²) < 4.78 is 60.1. The molecule has 3 heterocycles. The molecule has 2 N–H and O–H groups in total. The number of nitrogens with zero attached hydrogens (tertiary/aromatic N) is 5. The number of fused-ring (bicyclic) bond motifs is 2. The minimum Gasteiger partial charge on any atom is -0.307 e. The molecule has 72 heavy (non-hydrogen) atoms. The highest BCUT2D eigenvalue weighted by Crippen LogP contribution is 2.40. The zero-order valence-corrected chi connectivity index (χ0v) is 42.0. The van der Waals surface area contributed by atoms with Crippen LogP contribution in [0.4, 0.5) is 0 Å². The summed E-state index contributed by atoms with van der Waals surface area (Å²) in [6.07, 6.45) is 10.7. The Morgan fingerprint density at radius 1 is 0.444 bits per heavy atom. The molecule has 2 aliphatic carbocycles. The summed E-state index contributed by atoms with van der Waals surface area (Å²) in [5.41, 5.74) is 10.0. The van der Waals surface area contributed by atoms with Crippen molar-refractivity contribution < 1.29 is 19.7 Å². The minimum atomic E-state index is -3.79. The van der Waals surface area contributed by atoms with Gasteiger partial charge in [-0.1, -0.05) is 127 Å². The lowest BCUT2D eigenvalue weighted by Gasteiger charge is -2.35. The van der Waals surface area contributed by atoms with Gasteiger partial charge in [-0.3, -0.25) is 15.0 Å². The summed E-state index contributed by atoms with van der Waals surface area (Å²) in [7, 11) is -7.54. The van der Waals surface area contributed by atoms with Crippen LogP contribution in [0.2, 0.25) is 0 Å². The van der Waals surface area contributed by atoms with Crippen molar-refractivity contribution in [2.45, 2.75) is 99.7 Å². The molecule has 0 amide bonds. The van der Waals surface area contributed by atoms with Crippen LogP contribution in [0.5, 0.6) is 0 Å². The lowest BCUT2D eigenvalue weighted by molar-refractivity contribution is 0.281. The van der Waals surface area contributed by atoms with Gasteiger partial charge in [-0.05, 0) is 132 Å². The standard InChI is InChI=1S/C30H31N3O2S.C29H30N4O2S.2H2/c34-36(35,28-16-8-12-25(20-28)21-31-22-27-15-6-7-19-32-27)33(23-24-10-2-1-3-11-24)30-18-9-14-26-13-4-5-17-29(26)30;34-36(35,27-15-6-11-24(19-27)20-30-21-26-14-4-5-17-31-26)33(22-23-9-2-1-3-10-23)28-16-7-12-25-13-8-18-32-29(25)28;;/h1-8,10-13,15-17,19-20,30-31H,9,14,18,21-23H2;1-6,8-11,13-15,17-19,28,30H,7,12,16,20-22H2;2*1H. The molecular weight excluding hydrogens is 935 g/mol. The number of aryl methyl sites for hydroxylation is 2. The summed E-state index contributed by atoms with van der Waals surface area (Å²) in [5.74, 6) is 0. The fourth-order valence-corrected chi connectivity index (χ4v) is 13.1. The third-order valence-corrected chi connectivity index (χ3v) is 17.0. The van der Waals surface area contributed by atoms with Gasteiger partial charge in [0.05, 0.1) is 39.0 Å². The Bertz CT molecular complexity index is 3020. The lowest BCUT2D eigenvalue weighted by Crippen LogP contribution is -2.36. The van der Waals surface area contributed by atoms with Crippen molar-refractivity contribution >= 4 is 20.0 Å². The molecule has 5 aromatic carbocycles. The van der Waals surface area contributed by atoms with Crippen molar-refractivity contribution in [1.82, 2.24) is 34.2 Å². The van der Waals surface area contributed by atoms with Crippen molar-refractivity contribution in [1.29, 1.82) is 0 Å². The van der Waals surface area contributed by atoms with E-state index in [1.807, 2.05) is 140 Å². The smallest absolute Gasteiger partial charge is 0.243 e. The first-order valence-corrected chi connectivity index (χ1v) is 27.6. The Morgan fingerprint density at radius 2 is 0.903 bits per heavy atom. The average Bonchev–Trinajstić information content (AvgIpc) is 3.43. The number of hydrogen-bond donors (Lipinski definition) is 2. The van der Waals surface area contributed by atoms with Gasteiger partial charge in [0.25, 0.3) is 0 Å². The minimum absolute atomic E-state index is 0. The average molecular weight is 1000 g/mol. The number of nitrogens with one attached hydrogen (secondary N) is 2. The molecule has 2 unspecified atom stereocenters. The van der Waals surface area contributed by atoms with E-state index in [1.54, 1.807) is 51.5 Å². The number of aromatic nitrogens is 3. The maximum absolute atomic E-state index is 14.2. The number of rotatable bonds is 18. The van der Waals surface area contributed by atoms with E-state index in [1.165, 1.54) is 5.56 Å². The first kappa shape index (κ1) is 50.2. The van der Waals surface area contributed by atoms with E-state index in [9.17, 15) is 16.8 Å². The van der Waals surface area contributed by atoms with Crippen LogP contribution in [0.3, 0.4) is 0 Å². The van der Waals surface area contributed by atoms with E-state index in [4.69, 9.17) is 0 Å². The molecule has 0 fully saturated rings. The lowest BCUT2D eigenvalue weighted by atomic mass is 9.87. The number of hydrogen-bond acceptors (Lipinski definition) is 9. The third-order valence-electron chi connectivity index (χ3n) is 13.3. The Morgan fingerprint density at radius 3 is 1.46 bits per heavy atom. The number of sulfonamides is 2. The highest BCUT2D eigenvalue weighted by atomic mass is 32.2. The summed E-state index contributed by atoms with van der Waals surface area (Å²) in [5, 5.41) is 6.73. The molecule has 2 aliphatic rings. The second-order valence-electron chi connectivity index (χ2n) is 18.3. The summed E-state index contributed by atoms with van der Waals surface area (Å²) in [4.78, 5) is 13.9. The molecule has 372 valence electrons. The maximum Gasteiger partial charge on any atom is 0.243 e. The van der Waals surface area contributed by atoms with E-state index < -0.39 is 20.0 Å². The van der Waals surface area contributed by atoms with Crippen molar-refractivity contribution in [3.63, 3.8) is 0 Å². The van der Waals surface area contributed by atoms with E-state index in [0.717, 1.165) is 89.0 Å². The largest absolute Gasteiger partial charge is 0.307 e. The topological polar surface area (TPSA) is 137 Å². The van der Waals surface area contributed by atoms with Crippen LogP contribution < -0.4 is 10.6 Å². The second kappa shape index (κ2) is 24.1. The van der Waals surface area contributed by atoms with Crippen LogP contribution in [-0.4, -0.2) is 40.4 Å². The predicted octanol–water partition coefficient (Wildman–Crippen LogP) is 11.2. The van der Waals surface area contributed by atoms with Crippen molar-refractivity contribution in [2.24, 2.45) is 0 Å².